The third-order valence-corrected chi connectivity index (χ3v) is 3.51. The Morgan fingerprint density at radius 2 is 1.46 bits per heavy atom. The molecule has 2 aromatic rings. The molecule has 136 valence electrons. The van der Waals surface area contributed by atoms with Gasteiger partial charge in [-0.1, -0.05) is 53.4 Å². The molecule has 24 heavy (non-hydrogen) atoms. The van der Waals surface area contributed by atoms with Crippen LogP contribution in [-0.2, 0) is 44.9 Å². The van der Waals surface area contributed by atoms with Crippen molar-refractivity contribution in [2.75, 3.05) is 0 Å². The van der Waals surface area contributed by atoms with Crippen LogP contribution in [0.1, 0.15) is 49.9 Å². The van der Waals surface area contributed by atoms with Crippen molar-refractivity contribution >= 4 is 6.19 Å². The van der Waals surface area contributed by atoms with E-state index in [1.165, 1.54) is 25.7 Å². The fraction of sp³-hybridized carbons (Fsp3) is 0.500. The molecule has 4 heteroatoms. The Morgan fingerprint density at radius 1 is 0.958 bits per heavy atom. The molecule has 0 aromatic heterocycles. The maximum atomic E-state index is 2.41. The van der Waals surface area contributed by atoms with Crippen molar-refractivity contribution in [3.05, 3.63) is 58.7 Å². The summed E-state index contributed by atoms with van der Waals surface area (Å²) >= 11 is 2.27. The molecule has 0 heterocycles. The van der Waals surface area contributed by atoms with E-state index in [2.05, 4.69) is 66.0 Å². The molecule has 0 aliphatic carbocycles. The second-order valence-electron chi connectivity index (χ2n) is 5.53. The Hall–Kier alpha value is 0.211. The molecular formula is C20H32Cl2SiTi-2. The minimum absolute atomic E-state index is 0. The first kappa shape index (κ1) is 29.0. The van der Waals surface area contributed by atoms with Crippen molar-refractivity contribution in [3.8, 4) is 0 Å². The standard InChI is InChI=1S/C13H21.C5H5.C2H6Si.2ClH.Ti/c1-5-10-9-11(6-2)13(8-4)12(10)7-3;1-2-4-5-3-1;1-3-2;;;/h9H,5-8H2,1-4H3;1-5H;1-2H3;2*1H;/q2*-1;;;;+2/p-2. The van der Waals surface area contributed by atoms with Gasteiger partial charge in [0.2, 0.25) is 0 Å². The van der Waals surface area contributed by atoms with Gasteiger partial charge < -0.3 is 24.8 Å². The molecule has 0 amide bonds. The van der Waals surface area contributed by atoms with Gasteiger partial charge >= 0.3 is 38.5 Å². The average Bonchev–Trinajstić information content (AvgIpc) is 3.16. The summed E-state index contributed by atoms with van der Waals surface area (Å²) < 4.78 is 0. The van der Waals surface area contributed by atoms with E-state index in [0.29, 0.717) is 0 Å². The Balaban J connectivity index is -0.000000335. The van der Waals surface area contributed by atoms with Crippen LogP contribution in [0.25, 0.3) is 0 Å². The van der Waals surface area contributed by atoms with Gasteiger partial charge in [0.25, 0.3) is 0 Å². The normalized spacial score (nSPS) is 8.67. The minimum Gasteiger partial charge on any atom is -1.00 e. The molecule has 0 N–H and O–H groups in total. The largest absolute Gasteiger partial charge is 1.00 e. The smallest absolute Gasteiger partial charge is 0.172 e. The van der Waals surface area contributed by atoms with Gasteiger partial charge in [0.15, 0.2) is 0 Å². The zero-order valence-electron chi connectivity index (χ0n) is 16.0. The number of rotatable bonds is 4. The van der Waals surface area contributed by atoms with E-state index < -0.39 is 0 Å². The average molecular weight is 419 g/mol. The minimum atomic E-state index is 0. The Labute approximate surface area is 174 Å². The molecule has 0 radical (unpaired) electrons. The Morgan fingerprint density at radius 3 is 1.71 bits per heavy atom. The van der Waals surface area contributed by atoms with Gasteiger partial charge in [-0.3, -0.25) is 0 Å². The van der Waals surface area contributed by atoms with Crippen molar-refractivity contribution in [2.24, 2.45) is 0 Å². The van der Waals surface area contributed by atoms with Crippen LogP contribution in [0.15, 0.2) is 36.4 Å². The van der Waals surface area contributed by atoms with Crippen LogP contribution in [0, 0.1) is 0 Å². The fourth-order valence-corrected chi connectivity index (χ4v) is 2.60. The van der Waals surface area contributed by atoms with Crippen LogP contribution in [0.3, 0.4) is 0 Å². The van der Waals surface area contributed by atoms with Gasteiger partial charge in [-0.25, -0.2) is 12.1 Å². The molecule has 0 nitrogen and oxygen atoms in total. The molecule has 0 fully saturated rings. The van der Waals surface area contributed by atoms with Gasteiger partial charge in [-0.05, 0) is 0 Å². The van der Waals surface area contributed by atoms with Gasteiger partial charge in [-0.2, -0.15) is 46.5 Å². The SMILES string of the molecule is CCc1c[c-](CC)c(CC)c1CC.C[Si](C)=[Ti+2].[Cl-].[Cl-].c1cc[cH-]c1. The number of hydrogen-bond donors (Lipinski definition) is 0. The van der Waals surface area contributed by atoms with Crippen molar-refractivity contribution in [1.82, 2.24) is 0 Å². The molecule has 0 saturated carbocycles. The molecule has 2 aromatic carbocycles. The first-order chi connectivity index (χ1) is 10.5. The fourth-order valence-electron chi connectivity index (χ4n) is 2.60. The number of hydrogen-bond acceptors (Lipinski definition) is 0. The van der Waals surface area contributed by atoms with Crippen LogP contribution < -0.4 is 24.8 Å². The zero-order valence-corrected chi connectivity index (χ0v) is 20.1. The molecule has 0 atom stereocenters. The molecule has 0 unspecified atom stereocenters. The Kier molecular flexibility index (Phi) is 21.8. The number of aryl methyl sites for hydroxylation is 2. The summed E-state index contributed by atoms with van der Waals surface area (Å²) in [6.07, 6.45) is 4.90. The summed E-state index contributed by atoms with van der Waals surface area (Å²) in [4.78, 5) is 0. The second kappa shape index (κ2) is 18.0. The molecule has 2 rings (SSSR count). The molecule has 0 aliphatic heterocycles. The van der Waals surface area contributed by atoms with E-state index in [-0.39, 0.29) is 31.0 Å². The van der Waals surface area contributed by atoms with E-state index >= 15 is 0 Å². The molecule has 0 spiro atoms. The number of halogens is 2. The van der Waals surface area contributed by atoms with E-state index in [4.69, 9.17) is 0 Å². The van der Waals surface area contributed by atoms with E-state index in [1.807, 2.05) is 30.3 Å². The summed E-state index contributed by atoms with van der Waals surface area (Å²) in [6.45, 7) is 13.6. The van der Waals surface area contributed by atoms with Crippen LogP contribution in [-0.4, -0.2) is 6.19 Å². The second-order valence-corrected chi connectivity index (χ2v) is 12.2. The summed E-state index contributed by atoms with van der Waals surface area (Å²) in [5.74, 6) is 0. The van der Waals surface area contributed by atoms with Crippen molar-refractivity contribution in [3.63, 3.8) is 0 Å². The molecule has 0 aliphatic rings. The topological polar surface area (TPSA) is 0 Å². The zero-order chi connectivity index (χ0) is 17.0. The predicted octanol–water partition coefficient (Wildman–Crippen LogP) is -0.147. The summed E-state index contributed by atoms with van der Waals surface area (Å²) in [5, 5.41) is 0. The van der Waals surface area contributed by atoms with Crippen LogP contribution >= 0.6 is 0 Å². The maximum Gasteiger partial charge on any atom is -0.172 e. The first-order valence-corrected chi connectivity index (χ1v) is 13.3. The third-order valence-electron chi connectivity index (χ3n) is 3.51. The van der Waals surface area contributed by atoms with Gasteiger partial charge in [0, 0.05) is 0 Å². The summed E-state index contributed by atoms with van der Waals surface area (Å²) in [7, 11) is 0. The van der Waals surface area contributed by atoms with Crippen molar-refractivity contribution in [1.29, 1.82) is 0 Å². The molecular weight excluding hydrogens is 387 g/mol. The van der Waals surface area contributed by atoms with E-state index in [1.54, 1.807) is 22.3 Å². The monoisotopic (exact) mass is 418 g/mol. The maximum absolute atomic E-state index is 2.41. The van der Waals surface area contributed by atoms with Crippen LogP contribution in [0.5, 0.6) is 0 Å². The first-order valence-electron chi connectivity index (χ1n) is 8.49. The predicted molar refractivity (Wildman–Crippen MR) is 99.1 cm³/mol. The van der Waals surface area contributed by atoms with Crippen LogP contribution in [0.2, 0.25) is 13.1 Å². The third kappa shape index (κ3) is 11.7. The van der Waals surface area contributed by atoms with Crippen molar-refractivity contribution < 1.29 is 44.0 Å². The van der Waals surface area contributed by atoms with E-state index in [0.717, 1.165) is 0 Å². The van der Waals surface area contributed by atoms with Gasteiger partial charge in [0.1, 0.15) is 0 Å². The quantitative estimate of drug-likeness (QED) is 0.478. The molecule has 0 saturated heterocycles. The van der Waals surface area contributed by atoms with Crippen LogP contribution in [0.4, 0.5) is 0 Å². The van der Waals surface area contributed by atoms with Crippen molar-refractivity contribution in [2.45, 2.75) is 66.5 Å². The van der Waals surface area contributed by atoms with Gasteiger partial charge in [0.05, 0.1) is 0 Å². The van der Waals surface area contributed by atoms with E-state index in [9.17, 15) is 0 Å². The molecule has 0 bridgehead atoms. The van der Waals surface area contributed by atoms with Gasteiger partial charge in [-0.15, -0.1) is 0 Å². The Bertz CT molecular complexity index is 468. The summed E-state index contributed by atoms with van der Waals surface area (Å²) in [6, 6.07) is 12.4. The summed E-state index contributed by atoms with van der Waals surface area (Å²) in [5.41, 5.74) is 6.41.